The number of nitrogens with zero attached hydrogens (tertiary/aromatic N) is 1. The molecule has 0 aliphatic heterocycles. The van der Waals surface area contributed by atoms with Crippen molar-refractivity contribution in [3.05, 3.63) is 52.2 Å². The number of anilines is 1. The number of hydrogen-bond donors (Lipinski definition) is 3. The Morgan fingerprint density at radius 2 is 2.00 bits per heavy atom. The first kappa shape index (κ1) is 15.4. The van der Waals surface area contributed by atoms with Crippen LogP contribution in [0.5, 0.6) is 5.75 Å². The lowest BCUT2D eigenvalue weighted by molar-refractivity contribution is -0.118. The zero-order chi connectivity index (χ0) is 17.2. The molecule has 0 atom stereocenters. The Kier molecular flexibility index (Phi) is 3.97. The van der Waals surface area contributed by atoms with Gasteiger partial charge in [0.1, 0.15) is 5.75 Å². The van der Waals surface area contributed by atoms with Crippen LogP contribution in [0.15, 0.2) is 35.3 Å². The minimum Gasteiger partial charge on any atom is -0.483 e. The van der Waals surface area contributed by atoms with E-state index in [2.05, 4.69) is 20.3 Å². The van der Waals surface area contributed by atoms with E-state index in [1.54, 1.807) is 24.4 Å². The van der Waals surface area contributed by atoms with Crippen molar-refractivity contribution in [3.8, 4) is 5.75 Å². The third-order valence-electron chi connectivity index (χ3n) is 4.35. The number of imidazole rings is 1. The third-order valence-corrected chi connectivity index (χ3v) is 4.35. The van der Waals surface area contributed by atoms with Gasteiger partial charge in [0.05, 0.1) is 11.0 Å². The summed E-state index contributed by atoms with van der Waals surface area (Å²) < 4.78 is 5.71. The molecule has 4 rings (SSSR count). The fourth-order valence-electron chi connectivity index (χ4n) is 3.18. The van der Waals surface area contributed by atoms with E-state index < -0.39 is 0 Å². The number of nitrogens with one attached hydrogen (secondary N) is 3. The van der Waals surface area contributed by atoms with E-state index in [0.29, 0.717) is 16.7 Å². The zero-order valence-corrected chi connectivity index (χ0v) is 13.6. The lowest BCUT2D eigenvalue weighted by atomic mass is 9.95. The Morgan fingerprint density at radius 1 is 1.16 bits per heavy atom. The van der Waals surface area contributed by atoms with Gasteiger partial charge in [-0.15, -0.1) is 0 Å². The topological polar surface area (TPSA) is 99.9 Å². The maximum absolute atomic E-state index is 12.2. The van der Waals surface area contributed by atoms with E-state index in [-0.39, 0.29) is 18.2 Å². The summed E-state index contributed by atoms with van der Waals surface area (Å²) in [5, 5.41) is 2.78. The normalized spacial score (nSPS) is 13.4. The highest BCUT2D eigenvalue weighted by Crippen LogP contribution is 2.27. The van der Waals surface area contributed by atoms with Crippen molar-refractivity contribution in [2.75, 3.05) is 11.9 Å². The average molecular weight is 338 g/mol. The van der Waals surface area contributed by atoms with Crippen LogP contribution in [0, 0.1) is 0 Å². The van der Waals surface area contributed by atoms with Crippen LogP contribution in [0.25, 0.3) is 11.0 Å². The van der Waals surface area contributed by atoms with Gasteiger partial charge in [-0.3, -0.25) is 9.78 Å². The fourth-order valence-corrected chi connectivity index (χ4v) is 3.18. The molecule has 0 unspecified atom stereocenters. The first-order valence-corrected chi connectivity index (χ1v) is 8.30. The van der Waals surface area contributed by atoms with Gasteiger partial charge >= 0.3 is 5.69 Å². The molecule has 0 radical (unpaired) electrons. The molecule has 1 amide bonds. The minimum atomic E-state index is -0.274. The van der Waals surface area contributed by atoms with Crippen molar-refractivity contribution < 1.29 is 9.53 Å². The van der Waals surface area contributed by atoms with E-state index in [0.717, 1.165) is 42.7 Å². The van der Waals surface area contributed by atoms with Crippen molar-refractivity contribution in [3.63, 3.8) is 0 Å². The Labute approximate surface area is 143 Å². The van der Waals surface area contributed by atoms with E-state index >= 15 is 0 Å². The number of rotatable bonds is 4. The molecular weight excluding hydrogens is 320 g/mol. The van der Waals surface area contributed by atoms with Crippen LogP contribution in [-0.4, -0.2) is 27.5 Å². The lowest BCUT2D eigenvalue weighted by Gasteiger charge is -2.18. The molecule has 2 heterocycles. The van der Waals surface area contributed by atoms with E-state index in [9.17, 15) is 9.59 Å². The molecule has 2 aromatic heterocycles. The second-order valence-corrected chi connectivity index (χ2v) is 6.12. The number of H-pyrrole nitrogens is 2. The maximum Gasteiger partial charge on any atom is 0.323 e. The number of ether oxygens (including phenoxy) is 1. The molecule has 3 N–H and O–H groups in total. The minimum absolute atomic E-state index is 0.0713. The molecule has 0 saturated heterocycles. The van der Waals surface area contributed by atoms with Crippen LogP contribution in [0.3, 0.4) is 0 Å². The number of hydrogen-bond acceptors (Lipinski definition) is 4. The lowest BCUT2D eigenvalue weighted by Crippen LogP contribution is -2.21. The summed E-state index contributed by atoms with van der Waals surface area (Å²) in [6, 6.07) is 6.99. The summed E-state index contributed by atoms with van der Waals surface area (Å²) in [6.45, 7) is -0.0713. The predicted molar refractivity (Wildman–Crippen MR) is 93.9 cm³/mol. The second kappa shape index (κ2) is 6.43. The van der Waals surface area contributed by atoms with Crippen molar-refractivity contribution in [1.82, 2.24) is 15.0 Å². The molecule has 0 spiro atoms. The molecule has 1 aliphatic rings. The van der Waals surface area contributed by atoms with Crippen LogP contribution >= 0.6 is 0 Å². The smallest absolute Gasteiger partial charge is 0.323 e. The van der Waals surface area contributed by atoms with Gasteiger partial charge in [-0.2, -0.15) is 0 Å². The first-order chi connectivity index (χ1) is 12.2. The molecule has 25 heavy (non-hydrogen) atoms. The van der Waals surface area contributed by atoms with Crippen molar-refractivity contribution in [2.24, 2.45) is 0 Å². The number of aromatic amines is 2. The molecule has 0 fully saturated rings. The van der Waals surface area contributed by atoms with E-state index in [1.165, 1.54) is 0 Å². The van der Waals surface area contributed by atoms with Gasteiger partial charge in [0, 0.05) is 23.1 Å². The van der Waals surface area contributed by atoms with Gasteiger partial charge in [0.15, 0.2) is 6.61 Å². The fraction of sp³-hybridized carbons (Fsp3) is 0.278. The third kappa shape index (κ3) is 3.26. The van der Waals surface area contributed by atoms with Crippen LogP contribution in [0.4, 0.5) is 5.69 Å². The molecule has 128 valence electrons. The van der Waals surface area contributed by atoms with Gasteiger partial charge in [0.25, 0.3) is 5.91 Å². The Bertz CT molecular complexity index is 989. The number of carbonyl (C=O) groups excluding carboxylic acids is 1. The molecule has 1 aliphatic carbocycles. The molecule has 1 aromatic carbocycles. The van der Waals surface area contributed by atoms with Crippen LogP contribution in [0.2, 0.25) is 0 Å². The van der Waals surface area contributed by atoms with E-state index in [4.69, 9.17) is 4.74 Å². The van der Waals surface area contributed by atoms with Crippen molar-refractivity contribution >= 4 is 22.6 Å². The molecule has 7 heteroatoms. The number of benzene rings is 1. The number of fused-ring (bicyclic) bond motifs is 2. The van der Waals surface area contributed by atoms with Crippen LogP contribution in [-0.2, 0) is 17.6 Å². The SMILES string of the molecule is O=C(COc1ccnc2c1CCCC2)Nc1ccc2[nH]c(=O)[nH]c2c1. The molecule has 7 nitrogen and oxygen atoms in total. The Morgan fingerprint density at radius 3 is 2.92 bits per heavy atom. The number of carbonyl (C=O) groups is 1. The number of aromatic nitrogens is 3. The number of pyridine rings is 1. The Balaban J connectivity index is 1.43. The summed E-state index contributed by atoms with van der Waals surface area (Å²) in [7, 11) is 0. The van der Waals surface area contributed by atoms with Crippen LogP contribution < -0.4 is 15.7 Å². The molecule has 3 aromatic rings. The van der Waals surface area contributed by atoms with Crippen LogP contribution in [0.1, 0.15) is 24.1 Å². The quantitative estimate of drug-likeness (QED) is 0.678. The van der Waals surface area contributed by atoms with Gasteiger partial charge < -0.3 is 20.0 Å². The molecular formula is C18H18N4O3. The van der Waals surface area contributed by atoms with Gasteiger partial charge in [-0.05, 0) is 49.9 Å². The number of aryl methyl sites for hydroxylation is 1. The summed E-state index contributed by atoms with van der Waals surface area (Å²) in [6.07, 6.45) is 5.91. The molecule has 0 bridgehead atoms. The van der Waals surface area contributed by atoms with Gasteiger partial charge in [-0.1, -0.05) is 0 Å². The highest BCUT2D eigenvalue weighted by atomic mass is 16.5. The summed E-state index contributed by atoms with van der Waals surface area (Å²) in [5.74, 6) is 0.490. The maximum atomic E-state index is 12.2. The monoisotopic (exact) mass is 338 g/mol. The van der Waals surface area contributed by atoms with Gasteiger partial charge in [-0.25, -0.2) is 4.79 Å². The second-order valence-electron chi connectivity index (χ2n) is 6.12. The first-order valence-electron chi connectivity index (χ1n) is 8.30. The number of amides is 1. The average Bonchev–Trinajstić information content (AvgIpc) is 2.99. The van der Waals surface area contributed by atoms with Gasteiger partial charge in [0.2, 0.25) is 0 Å². The standard InChI is InChI=1S/C18H18N4O3/c23-17(20-11-5-6-14-15(9-11)22-18(24)21-14)10-25-16-7-8-19-13-4-2-1-3-12(13)16/h5-9H,1-4,10H2,(H,20,23)(H2,21,22,24). The largest absolute Gasteiger partial charge is 0.483 e. The summed E-state index contributed by atoms with van der Waals surface area (Å²) >= 11 is 0. The highest BCUT2D eigenvalue weighted by Gasteiger charge is 2.16. The van der Waals surface area contributed by atoms with Crippen molar-refractivity contribution in [1.29, 1.82) is 0 Å². The highest BCUT2D eigenvalue weighted by molar-refractivity contribution is 5.93. The predicted octanol–water partition coefficient (Wildman–Crippen LogP) is 2.15. The Hall–Kier alpha value is -3.09. The van der Waals surface area contributed by atoms with E-state index in [1.807, 2.05) is 6.07 Å². The molecule has 0 saturated carbocycles. The van der Waals surface area contributed by atoms with Crippen molar-refractivity contribution in [2.45, 2.75) is 25.7 Å². The summed E-state index contributed by atoms with van der Waals surface area (Å²) in [4.78, 5) is 33.2. The summed E-state index contributed by atoms with van der Waals surface area (Å²) in [5.41, 5.74) is 3.87. The zero-order valence-electron chi connectivity index (χ0n) is 13.6.